The number of rotatable bonds is 2. The summed E-state index contributed by atoms with van der Waals surface area (Å²) < 4.78 is 15.8. The van der Waals surface area contributed by atoms with Crippen LogP contribution in [-0.4, -0.2) is 31.3 Å². The zero-order valence-corrected chi connectivity index (χ0v) is 13.0. The summed E-state index contributed by atoms with van der Waals surface area (Å²) in [5.41, 5.74) is 1.04. The van der Waals surface area contributed by atoms with E-state index in [0.717, 1.165) is 10.6 Å². The van der Waals surface area contributed by atoms with Crippen molar-refractivity contribution < 1.29 is 19.0 Å². The van der Waals surface area contributed by atoms with Gasteiger partial charge in [0.25, 0.3) is 0 Å². The number of hydrogen-bond acceptors (Lipinski definition) is 6. The van der Waals surface area contributed by atoms with Crippen LogP contribution in [0.2, 0.25) is 5.02 Å². The molecule has 7 heteroatoms. The minimum Gasteiger partial charge on any atom is -0.486 e. The average Bonchev–Trinajstić information content (AvgIpc) is 2.88. The summed E-state index contributed by atoms with van der Waals surface area (Å²) >= 11 is 7.64. The molecule has 0 fully saturated rings. The summed E-state index contributed by atoms with van der Waals surface area (Å²) in [6, 6.07) is 3.55. The number of carbonyl (C=O) groups is 1. The van der Waals surface area contributed by atoms with E-state index in [2.05, 4.69) is 4.98 Å². The molecule has 21 heavy (non-hydrogen) atoms. The Morgan fingerprint density at radius 2 is 2.14 bits per heavy atom. The van der Waals surface area contributed by atoms with Gasteiger partial charge in [-0.05, 0) is 24.6 Å². The Morgan fingerprint density at radius 1 is 1.38 bits per heavy atom. The number of aromatic nitrogens is 1. The molecule has 2 heterocycles. The third-order valence-corrected chi connectivity index (χ3v) is 4.27. The number of benzene rings is 1. The van der Waals surface area contributed by atoms with E-state index in [1.54, 1.807) is 12.1 Å². The lowest BCUT2D eigenvalue weighted by Gasteiger charge is -2.20. The number of carbonyl (C=O) groups excluding carboxylic acids is 1. The van der Waals surface area contributed by atoms with Crippen LogP contribution in [0.15, 0.2) is 12.1 Å². The highest BCUT2D eigenvalue weighted by molar-refractivity contribution is 7.15. The Kier molecular flexibility index (Phi) is 3.73. The third-order valence-electron chi connectivity index (χ3n) is 2.97. The summed E-state index contributed by atoms with van der Waals surface area (Å²) in [6.45, 7) is 2.78. The first kappa shape index (κ1) is 14.2. The van der Waals surface area contributed by atoms with Crippen LogP contribution in [0.1, 0.15) is 15.5 Å². The lowest BCUT2D eigenvalue weighted by atomic mass is 10.1. The third kappa shape index (κ3) is 2.56. The van der Waals surface area contributed by atoms with Crippen molar-refractivity contribution in [1.82, 2.24) is 4.98 Å². The van der Waals surface area contributed by atoms with Crippen molar-refractivity contribution in [2.75, 3.05) is 20.3 Å². The van der Waals surface area contributed by atoms with Crippen molar-refractivity contribution in [1.29, 1.82) is 0 Å². The van der Waals surface area contributed by atoms with E-state index in [1.807, 2.05) is 6.92 Å². The maximum absolute atomic E-state index is 11.8. The standard InChI is InChI=1S/C14H12ClNO4S/c1-7-16-11(14(17)18-2)13(21-7)8-5-9(15)12-10(6-8)19-3-4-20-12/h5-6H,3-4H2,1-2H3. The zero-order chi connectivity index (χ0) is 15.0. The molecule has 1 aliphatic rings. The molecule has 0 bridgehead atoms. The summed E-state index contributed by atoms with van der Waals surface area (Å²) in [7, 11) is 1.33. The molecule has 0 aliphatic carbocycles. The van der Waals surface area contributed by atoms with Gasteiger partial charge in [0.2, 0.25) is 0 Å². The number of thiazole rings is 1. The predicted molar refractivity (Wildman–Crippen MR) is 79.6 cm³/mol. The monoisotopic (exact) mass is 325 g/mol. The van der Waals surface area contributed by atoms with E-state index in [9.17, 15) is 4.79 Å². The van der Waals surface area contributed by atoms with Crippen molar-refractivity contribution in [2.24, 2.45) is 0 Å². The number of esters is 1. The molecule has 0 radical (unpaired) electrons. The first-order valence-corrected chi connectivity index (χ1v) is 7.45. The first-order chi connectivity index (χ1) is 10.1. The van der Waals surface area contributed by atoms with E-state index in [0.29, 0.717) is 34.6 Å². The average molecular weight is 326 g/mol. The minimum atomic E-state index is -0.472. The lowest BCUT2D eigenvalue weighted by Crippen LogP contribution is -2.15. The molecule has 0 spiro atoms. The SMILES string of the molecule is COC(=O)c1nc(C)sc1-c1cc(Cl)c2c(c1)OCCO2. The van der Waals surface area contributed by atoms with Crippen molar-refractivity contribution in [3.05, 3.63) is 27.9 Å². The summed E-state index contributed by atoms with van der Waals surface area (Å²) in [5, 5.41) is 1.22. The molecule has 0 N–H and O–H groups in total. The second-order valence-corrected chi connectivity index (χ2v) is 5.99. The van der Waals surface area contributed by atoms with Gasteiger partial charge in [0, 0.05) is 0 Å². The number of halogens is 1. The van der Waals surface area contributed by atoms with E-state index >= 15 is 0 Å². The predicted octanol–water partition coefficient (Wildman–Crippen LogP) is 3.33. The number of ether oxygens (including phenoxy) is 3. The Morgan fingerprint density at radius 3 is 2.90 bits per heavy atom. The zero-order valence-electron chi connectivity index (χ0n) is 11.4. The molecule has 0 saturated heterocycles. The molecule has 2 aromatic rings. The highest BCUT2D eigenvalue weighted by Crippen LogP contribution is 2.43. The fraction of sp³-hybridized carbons (Fsp3) is 0.286. The Labute approximate surface area is 130 Å². The molecule has 0 atom stereocenters. The molecule has 1 aromatic heterocycles. The van der Waals surface area contributed by atoms with E-state index in [-0.39, 0.29) is 5.69 Å². The summed E-state index contributed by atoms with van der Waals surface area (Å²) in [4.78, 5) is 16.8. The molecule has 0 saturated carbocycles. The largest absolute Gasteiger partial charge is 0.486 e. The maximum Gasteiger partial charge on any atom is 0.358 e. The molecule has 0 unspecified atom stereocenters. The molecule has 1 aliphatic heterocycles. The van der Waals surface area contributed by atoms with Gasteiger partial charge in [-0.15, -0.1) is 11.3 Å². The maximum atomic E-state index is 11.8. The number of aryl methyl sites for hydroxylation is 1. The molecular weight excluding hydrogens is 314 g/mol. The fourth-order valence-corrected chi connectivity index (χ4v) is 3.26. The lowest BCUT2D eigenvalue weighted by molar-refractivity contribution is 0.0595. The van der Waals surface area contributed by atoms with Gasteiger partial charge in [-0.3, -0.25) is 0 Å². The molecule has 110 valence electrons. The minimum absolute atomic E-state index is 0.285. The fourth-order valence-electron chi connectivity index (χ4n) is 2.10. The van der Waals surface area contributed by atoms with Crippen LogP contribution in [0.3, 0.4) is 0 Å². The quantitative estimate of drug-likeness (QED) is 0.793. The van der Waals surface area contributed by atoms with Gasteiger partial charge in [0.05, 0.1) is 22.0 Å². The number of fused-ring (bicyclic) bond motifs is 1. The van der Waals surface area contributed by atoms with Crippen LogP contribution in [0.5, 0.6) is 11.5 Å². The second-order valence-electron chi connectivity index (χ2n) is 4.38. The first-order valence-electron chi connectivity index (χ1n) is 6.25. The summed E-state index contributed by atoms with van der Waals surface area (Å²) in [5.74, 6) is 0.638. The van der Waals surface area contributed by atoms with Crippen molar-refractivity contribution >= 4 is 28.9 Å². The van der Waals surface area contributed by atoms with Gasteiger partial charge in [-0.1, -0.05) is 11.6 Å². The topological polar surface area (TPSA) is 57.7 Å². The van der Waals surface area contributed by atoms with Crippen LogP contribution >= 0.6 is 22.9 Å². The van der Waals surface area contributed by atoms with Crippen LogP contribution in [-0.2, 0) is 4.74 Å². The van der Waals surface area contributed by atoms with Gasteiger partial charge in [-0.25, -0.2) is 9.78 Å². The van der Waals surface area contributed by atoms with Gasteiger partial charge >= 0.3 is 5.97 Å². The van der Waals surface area contributed by atoms with Crippen molar-refractivity contribution in [3.63, 3.8) is 0 Å². The van der Waals surface area contributed by atoms with Gasteiger partial charge in [-0.2, -0.15) is 0 Å². The Balaban J connectivity index is 2.13. The number of methoxy groups -OCH3 is 1. The van der Waals surface area contributed by atoms with Crippen LogP contribution in [0.25, 0.3) is 10.4 Å². The van der Waals surface area contributed by atoms with Crippen molar-refractivity contribution in [2.45, 2.75) is 6.92 Å². The second kappa shape index (κ2) is 5.54. The molecule has 3 rings (SSSR count). The smallest absolute Gasteiger partial charge is 0.358 e. The van der Waals surface area contributed by atoms with E-state index in [1.165, 1.54) is 18.4 Å². The molecule has 5 nitrogen and oxygen atoms in total. The van der Waals surface area contributed by atoms with Gasteiger partial charge in [0.15, 0.2) is 17.2 Å². The molecule has 1 aromatic carbocycles. The van der Waals surface area contributed by atoms with Crippen LogP contribution in [0, 0.1) is 6.92 Å². The van der Waals surface area contributed by atoms with Gasteiger partial charge in [0.1, 0.15) is 13.2 Å². The Hall–Kier alpha value is -1.79. The summed E-state index contributed by atoms with van der Waals surface area (Å²) in [6.07, 6.45) is 0. The number of nitrogens with zero attached hydrogens (tertiary/aromatic N) is 1. The molecular formula is C14H12ClNO4S. The van der Waals surface area contributed by atoms with Gasteiger partial charge < -0.3 is 14.2 Å². The van der Waals surface area contributed by atoms with Crippen LogP contribution < -0.4 is 9.47 Å². The number of hydrogen-bond donors (Lipinski definition) is 0. The highest BCUT2D eigenvalue weighted by atomic mass is 35.5. The highest BCUT2D eigenvalue weighted by Gasteiger charge is 2.23. The normalized spacial score (nSPS) is 13.1. The van der Waals surface area contributed by atoms with E-state index in [4.69, 9.17) is 25.8 Å². The van der Waals surface area contributed by atoms with Crippen molar-refractivity contribution in [3.8, 4) is 21.9 Å². The molecule has 0 amide bonds. The Bertz CT molecular complexity index is 713. The van der Waals surface area contributed by atoms with Crippen LogP contribution in [0.4, 0.5) is 0 Å². The van der Waals surface area contributed by atoms with E-state index < -0.39 is 5.97 Å².